The van der Waals surface area contributed by atoms with Crippen LogP contribution in [-0.4, -0.2) is 40.9 Å². The molecule has 2 unspecified atom stereocenters. The summed E-state index contributed by atoms with van der Waals surface area (Å²) in [7, 11) is 1.97. The van der Waals surface area contributed by atoms with Crippen LogP contribution < -0.4 is 5.73 Å². The second kappa shape index (κ2) is 5.65. The first-order chi connectivity index (χ1) is 8.19. The van der Waals surface area contributed by atoms with Gasteiger partial charge in [0, 0.05) is 26.3 Å². The molecule has 0 amide bonds. The molecule has 0 saturated carbocycles. The van der Waals surface area contributed by atoms with Gasteiger partial charge in [0.1, 0.15) is 0 Å². The summed E-state index contributed by atoms with van der Waals surface area (Å²) < 4.78 is 1.87. The summed E-state index contributed by atoms with van der Waals surface area (Å²) in [5.74, 6) is 1.47. The van der Waals surface area contributed by atoms with Gasteiger partial charge in [-0.2, -0.15) is 5.10 Å². The lowest BCUT2D eigenvalue weighted by atomic mass is 9.87. The van der Waals surface area contributed by atoms with Crippen molar-refractivity contribution in [3.8, 4) is 0 Å². The first-order valence-corrected chi connectivity index (χ1v) is 6.59. The summed E-state index contributed by atoms with van der Waals surface area (Å²) in [5, 5.41) is 4.20. The van der Waals surface area contributed by atoms with Crippen LogP contribution in [0.3, 0.4) is 0 Å². The molecule has 4 heteroatoms. The standard InChI is InChI=1S/C13H24N4/c1-11-3-5-17(10-13(11)7-14)6-4-12-8-15-16(2)9-12/h8-9,11,13H,3-7,10,14H2,1-2H3. The predicted octanol–water partition coefficient (Wildman–Crippen LogP) is 0.879. The molecule has 2 rings (SSSR count). The van der Waals surface area contributed by atoms with E-state index in [0.29, 0.717) is 5.92 Å². The van der Waals surface area contributed by atoms with Crippen LogP contribution in [0.4, 0.5) is 0 Å². The van der Waals surface area contributed by atoms with Crippen LogP contribution in [0.1, 0.15) is 18.9 Å². The second-order valence-electron chi connectivity index (χ2n) is 5.33. The molecule has 1 fully saturated rings. The van der Waals surface area contributed by atoms with E-state index in [1.807, 2.05) is 17.9 Å². The molecule has 1 saturated heterocycles. The van der Waals surface area contributed by atoms with Crippen LogP contribution >= 0.6 is 0 Å². The normalized spacial score (nSPS) is 26.3. The molecule has 0 spiro atoms. The quantitative estimate of drug-likeness (QED) is 0.844. The van der Waals surface area contributed by atoms with Crippen molar-refractivity contribution in [3.63, 3.8) is 0 Å². The third kappa shape index (κ3) is 3.30. The van der Waals surface area contributed by atoms with Crippen LogP contribution in [-0.2, 0) is 13.5 Å². The van der Waals surface area contributed by atoms with Gasteiger partial charge < -0.3 is 10.6 Å². The highest BCUT2D eigenvalue weighted by Gasteiger charge is 2.24. The van der Waals surface area contributed by atoms with Crippen molar-refractivity contribution in [3.05, 3.63) is 18.0 Å². The molecule has 96 valence electrons. The molecule has 1 aromatic heterocycles. The molecular weight excluding hydrogens is 212 g/mol. The van der Waals surface area contributed by atoms with Gasteiger partial charge in [-0.1, -0.05) is 6.92 Å². The fraction of sp³-hybridized carbons (Fsp3) is 0.769. The zero-order chi connectivity index (χ0) is 12.3. The predicted molar refractivity (Wildman–Crippen MR) is 69.7 cm³/mol. The topological polar surface area (TPSA) is 47.1 Å². The van der Waals surface area contributed by atoms with Gasteiger partial charge in [-0.15, -0.1) is 0 Å². The molecule has 1 aromatic rings. The maximum atomic E-state index is 5.83. The Bertz CT molecular complexity index is 347. The van der Waals surface area contributed by atoms with E-state index in [4.69, 9.17) is 5.73 Å². The summed E-state index contributed by atoms with van der Waals surface area (Å²) in [6.07, 6.45) is 6.45. The number of likely N-dealkylation sites (tertiary alicyclic amines) is 1. The fourth-order valence-electron chi connectivity index (χ4n) is 2.62. The molecule has 1 aliphatic rings. The highest BCUT2D eigenvalue weighted by Crippen LogP contribution is 2.22. The van der Waals surface area contributed by atoms with E-state index in [1.54, 1.807) is 0 Å². The summed E-state index contributed by atoms with van der Waals surface area (Å²) in [5.41, 5.74) is 7.16. The molecule has 0 aliphatic carbocycles. The van der Waals surface area contributed by atoms with Crippen LogP contribution in [0.2, 0.25) is 0 Å². The molecule has 4 nitrogen and oxygen atoms in total. The van der Waals surface area contributed by atoms with Crippen LogP contribution in [0.15, 0.2) is 12.4 Å². The van der Waals surface area contributed by atoms with Crippen molar-refractivity contribution in [1.82, 2.24) is 14.7 Å². The Labute approximate surface area is 104 Å². The number of hydrogen-bond acceptors (Lipinski definition) is 3. The number of rotatable bonds is 4. The minimum absolute atomic E-state index is 0.678. The van der Waals surface area contributed by atoms with E-state index in [9.17, 15) is 0 Å². The van der Waals surface area contributed by atoms with Crippen molar-refractivity contribution >= 4 is 0 Å². The largest absolute Gasteiger partial charge is 0.330 e. The first kappa shape index (κ1) is 12.6. The summed E-state index contributed by atoms with van der Waals surface area (Å²) in [6, 6.07) is 0. The monoisotopic (exact) mass is 236 g/mol. The Morgan fingerprint density at radius 1 is 1.53 bits per heavy atom. The molecule has 2 N–H and O–H groups in total. The average Bonchev–Trinajstić information content (AvgIpc) is 2.74. The van der Waals surface area contributed by atoms with E-state index < -0.39 is 0 Å². The van der Waals surface area contributed by atoms with Gasteiger partial charge in [-0.3, -0.25) is 4.68 Å². The number of hydrogen-bond donors (Lipinski definition) is 1. The zero-order valence-electron chi connectivity index (χ0n) is 11.0. The smallest absolute Gasteiger partial charge is 0.0522 e. The molecule has 2 heterocycles. The molecule has 0 bridgehead atoms. The first-order valence-electron chi connectivity index (χ1n) is 6.59. The van der Waals surface area contributed by atoms with E-state index in [1.165, 1.54) is 18.5 Å². The molecule has 0 aromatic carbocycles. The van der Waals surface area contributed by atoms with E-state index in [0.717, 1.165) is 32.0 Å². The third-order valence-corrected chi connectivity index (χ3v) is 3.98. The minimum atomic E-state index is 0.678. The molecular formula is C13H24N4. The molecule has 1 aliphatic heterocycles. The maximum absolute atomic E-state index is 5.83. The fourth-order valence-corrected chi connectivity index (χ4v) is 2.62. The average molecular weight is 236 g/mol. The number of aromatic nitrogens is 2. The van der Waals surface area contributed by atoms with Crippen LogP contribution in [0.5, 0.6) is 0 Å². The molecule has 0 radical (unpaired) electrons. The Morgan fingerprint density at radius 3 is 3.00 bits per heavy atom. The Morgan fingerprint density at radius 2 is 2.35 bits per heavy atom. The van der Waals surface area contributed by atoms with Gasteiger partial charge in [0.05, 0.1) is 6.20 Å². The highest BCUT2D eigenvalue weighted by molar-refractivity contribution is 5.04. The van der Waals surface area contributed by atoms with Crippen molar-refractivity contribution in [2.24, 2.45) is 24.6 Å². The van der Waals surface area contributed by atoms with Gasteiger partial charge >= 0.3 is 0 Å². The summed E-state index contributed by atoms with van der Waals surface area (Å²) >= 11 is 0. The second-order valence-corrected chi connectivity index (χ2v) is 5.33. The van der Waals surface area contributed by atoms with Crippen LogP contribution in [0.25, 0.3) is 0 Å². The number of aryl methyl sites for hydroxylation is 1. The van der Waals surface area contributed by atoms with Gasteiger partial charge in [-0.05, 0) is 43.3 Å². The lowest BCUT2D eigenvalue weighted by Crippen LogP contribution is -2.43. The summed E-state index contributed by atoms with van der Waals surface area (Å²) in [4.78, 5) is 2.55. The Hall–Kier alpha value is -0.870. The van der Waals surface area contributed by atoms with E-state index in [-0.39, 0.29) is 0 Å². The van der Waals surface area contributed by atoms with Gasteiger partial charge in [0.2, 0.25) is 0 Å². The molecule has 17 heavy (non-hydrogen) atoms. The Balaban J connectivity index is 1.80. The van der Waals surface area contributed by atoms with Gasteiger partial charge in [0.25, 0.3) is 0 Å². The molecule has 2 atom stereocenters. The SMILES string of the molecule is CC1CCN(CCc2cnn(C)c2)CC1CN. The lowest BCUT2D eigenvalue weighted by Gasteiger charge is -2.36. The lowest BCUT2D eigenvalue weighted by molar-refractivity contribution is 0.133. The highest BCUT2D eigenvalue weighted by atomic mass is 15.2. The van der Waals surface area contributed by atoms with Crippen molar-refractivity contribution in [2.45, 2.75) is 19.8 Å². The van der Waals surface area contributed by atoms with Crippen LogP contribution in [0, 0.1) is 11.8 Å². The number of nitrogens with zero attached hydrogens (tertiary/aromatic N) is 3. The van der Waals surface area contributed by atoms with Crippen molar-refractivity contribution < 1.29 is 0 Å². The number of nitrogens with two attached hydrogens (primary N) is 1. The minimum Gasteiger partial charge on any atom is -0.330 e. The zero-order valence-corrected chi connectivity index (χ0v) is 11.0. The van der Waals surface area contributed by atoms with Crippen molar-refractivity contribution in [1.29, 1.82) is 0 Å². The number of piperidine rings is 1. The van der Waals surface area contributed by atoms with Gasteiger partial charge in [-0.25, -0.2) is 0 Å². The van der Waals surface area contributed by atoms with E-state index in [2.05, 4.69) is 23.1 Å². The van der Waals surface area contributed by atoms with Gasteiger partial charge in [0.15, 0.2) is 0 Å². The Kier molecular flexibility index (Phi) is 4.18. The van der Waals surface area contributed by atoms with Crippen molar-refractivity contribution in [2.75, 3.05) is 26.2 Å². The summed E-state index contributed by atoms with van der Waals surface area (Å²) in [6.45, 7) is 6.67. The van der Waals surface area contributed by atoms with E-state index >= 15 is 0 Å². The third-order valence-electron chi connectivity index (χ3n) is 3.98. The maximum Gasteiger partial charge on any atom is 0.0522 e.